The lowest BCUT2D eigenvalue weighted by atomic mass is 9.97. The zero-order chi connectivity index (χ0) is 12.3. The maximum absolute atomic E-state index is 9.09. The molecule has 0 bridgehead atoms. The Kier molecular flexibility index (Phi) is 4.45. The second kappa shape index (κ2) is 5.68. The number of nitrogens with two attached hydrogens (primary N) is 1. The van der Waals surface area contributed by atoms with Crippen molar-refractivity contribution in [3.05, 3.63) is 0 Å². The van der Waals surface area contributed by atoms with E-state index in [1.165, 1.54) is 45.2 Å². The molecule has 3 N–H and O–H groups in total. The molecule has 2 aliphatic carbocycles. The number of aliphatic hydroxyl groups excluding tert-OH is 1. The molecule has 3 nitrogen and oxygen atoms in total. The third kappa shape index (κ3) is 4.94. The van der Waals surface area contributed by atoms with Crippen LogP contribution in [0.2, 0.25) is 0 Å². The number of hydrogen-bond donors (Lipinski definition) is 2. The topological polar surface area (TPSA) is 49.5 Å². The fourth-order valence-electron chi connectivity index (χ4n) is 2.42. The van der Waals surface area contributed by atoms with E-state index in [2.05, 4.69) is 4.90 Å². The predicted molar refractivity (Wildman–Crippen MR) is 70.8 cm³/mol. The van der Waals surface area contributed by atoms with Crippen LogP contribution < -0.4 is 5.73 Å². The third-order valence-corrected chi connectivity index (χ3v) is 4.06. The Morgan fingerprint density at radius 1 is 1.24 bits per heavy atom. The van der Waals surface area contributed by atoms with E-state index in [4.69, 9.17) is 10.8 Å². The second-order valence-corrected chi connectivity index (χ2v) is 6.44. The van der Waals surface area contributed by atoms with Crippen molar-refractivity contribution in [3.63, 3.8) is 0 Å². The molecule has 0 spiro atoms. The summed E-state index contributed by atoms with van der Waals surface area (Å²) in [6, 6.07) is 0.901. The van der Waals surface area contributed by atoms with E-state index in [-0.39, 0.29) is 12.1 Å². The number of nitrogens with zero attached hydrogens (tertiary/aromatic N) is 1. The van der Waals surface area contributed by atoms with Crippen molar-refractivity contribution in [2.45, 2.75) is 63.5 Å². The fraction of sp³-hybridized carbons (Fsp3) is 1.00. The van der Waals surface area contributed by atoms with E-state index in [0.29, 0.717) is 0 Å². The summed E-state index contributed by atoms with van der Waals surface area (Å²) >= 11 is 0. The highest BCUT2D eigenvalue weighted by Gasteiger charge is 2.33. The molecule has 100 valence electrons. The first kappa shape index (κ1) is 13.3. The molecule has 17 heavy (non-hydrogen) atoms. The summed E-state index contributed by atoms with van der Waals surface area (Å²) in [5.74, 6) is 1.01. The molecule has 0 saturated heterocycles. The van der Waals surface area contributed by atoms with Gasteiger partial charge in [0.1, 0.15) is 0 Å². The summed E-state index contributed by atoms with van der Waals surface area (Å²) in [5, 5.41) is 9.09. The monoisotopic (exact) mass is 240 g/mol. The molecule has 0 radical (unpaired) electrons. The van der Waals surface area contributed by atoms with E-state index < -0.39 is 0 Å². The van der Waals surface area contributed by atoms with Gasteiger partial charge in [-0.05, 0) is 57.9 Å². The molecular weight excluding hydrogens is 212 g/mol. The van der Waals surface area contributed by atoms with E-state index in [1.54, 1.807) is 0 Å². The highest BCUT2D eigenvalue weighted by atomic mass is 16.3. The first-order chi connectivity index (χ1) is 8.11. The Balaban J connectivity index is 1.58. The van der Waals surface area contributed by atoms with Gasteiger partial charge in [0.25, 0.3) is 0 Å². The molecule has 1 atom stereocenters. The first-order valence-corrected chi connectivity index (χ1v) is 7.24. The van der Waals surface area contributed by atoms with Gasteiger partial charge in [-0.2, -0.15) is 0 Å². The van der Waals surface area contributed by atoms with Crippen LogP contribution in [0.1, 0.15) is 51.9 Å². The molecular formula is C14H28N2O. The molecule has 0 aliphatic heterocycles. The van der Waals surface area contributed by atoms with Crippen molar-refractivity contribution in [2.75, 3.05) is 19.7 Å². The van der Waals surface area contributed by atoms with Crippen LogP contribution >= 0.6 is 0 Å². The highest BCUT2D eigenvalue weighted by Crippen LogP contribution is 2.34. The Hall–Kier alpha value is -0.120. The minimum Gasteiger partial charge on any atom is -0.394 e. The molecule has 2 rings (SSSR count). The van der Waals surface area contributed by atoms with Crippen molar-refractivity contribution in [1.29, 1.82) is 0 Å². The van der Waals surface area contributed by atoms with Crippen LogP contribution in [0.25, 0.3) is 0 Å². The molecule has 0 heterocycles. The molecule has 0 aromatic carbocycles. The molecule has 0 aromatic heterocycles. The smallest absolute Gasteiger partial charge is 0.0608 e. The van der Waals surface area contributed by atoms with Gasteiger partial charge in [-0.15, -0.1) is 0 Å². The summed E-state index contributed by atoms with van der Waals surface area (Å²) in [7, 11) is 0. The van der Waals surface area contributed by atoms with Crippen LogP contribution in [0.4, 0.5) is 0 Å². The van der Waals surface area contributed by atoms with Gasteiger partial charge in [0.2, 0.25) is 0 Å². The van der Waals surface area contributed by atoms with Crippen LogP contribution in [0.3, 0.4) is 0 Å². The average Bonchev–Trinajstić information content (AvgIpc) is 3.15. The molecule has 1 unspecified atom stereocenters. The van der Waals surface area contributed by atoms with Gasteiger partial charge in [0.05, 0.1) is 6.61 Å². The second-order valence-electron chi connectivity index (χ2n) is 6.44. The van der Waals surface area contributed by atoms with E-state index >= 15 is 0 Å². The predicted octanol–water partition coefficient (Wildman–Crippen LogP) is 1.74. The van der Waals surface area contributed by atoms with Crippen molar-refractivity contribution in [1.82, 2.24) is 4.90 Å². The third-order valence-electron chi connectivity index (χ3n) is 4.06. The zero-order valence-electron chi connectivity index (χ0n) is 11.2. The van der Waals surface area contributed by atoms with Gasteiger partial charge >= 0.3 is 0 Å². The normalized spacial score (nSPS) is 24.0. The molecule has 2 aliphatic rings. The molecule has 0 aromatic rings. The quantitative estimate of drug-likeness (QED) is 0.604. The van der Waals surface area contributed by atoms with Crippen LogP contribution in [-0.2, 0) is 0 Å². The molecule has 2 fully saturated rings. The van der Waals surface area contributed by atoms with Gasteiger partial charge in [0, 0.05) is 18.1 Å². The van der Waals surface area contributed by atoms with Gasteiger partial charge < -0.3 is 15.7 Å². The van der Waals surface area contributed by atoms with Crippen molar-refractivity contribution in [3.8, 4) is 0 Å². The minimum atomic E-state index is -0.374. The SMILES string of the molecule is CC(N)(CO)CCCCN(CC1CC1)C1CC1. The average molecular weight is 240 g/mol. The van der Waals surface area contributed by atoms with E-state index in [9.17, 15) is 0 Å². The van der Waals surface area contributed by atoms with Crippen LogP contribution in [0, 0.1) is 5.92 Å². The maximum Gasteiger partial charge on any atom is 0.0608 e. The van der Waals surface area contributed by atoms with Crippen molar-refractivity contribution in [2.24, 2.45) is 11.7 Å². The van der Waals surface area contributed by atoms with Gasteiger partial charge in [0.15, 0.2) is 0 Å². The number of rotatable bonds is 9. The first-order valence-electron chi connectivity index (χ1n) is 7.24. The van der Waals surface area contributed by atoms with Gasteiger partial charge in [-0.1, -0.05) is 6.42 Å². The number of hydrogen-bond acceptors (Lipinski definition) is 3. The fourth-order valence-corrected chi connectivity index (χ4v) is 2.42. The lowest BCUT2D eigenvalue weighted by Crippen LogP contribution is -2.40. The van der Waals surface area contributed by atoms with Crippen LogP contribution in [0.15, 0.2) is 0 Å². The Bertz CT molecular complexity index is 234. The van der Waals surface area contributed by atoms with Crippen LogP contribution in [0.5, 0.6) is 0 Å². The lowest BCUT2D eigenvalue weighted by Gasteiger charge is -2.24. The number of aliphatic hydroxyl groups is 1. The maximum atomic E-state index is 9.09. The summed E-state index contributed by atoms with van der Waals surface area (Å²) in [5.41, 5.74) is 5.56. The van der Waals surface area contributed by atoms with Crippen LogP contribution in [-0.4, -0.2) is 41.3 Å². The molecule has 3 heteroatoms. The van der Waals surface area contributed by atoms with Crippen molar-refractivity contribution < 1.29 is 5.11 Å². The summed E-state index contributed by atoms with van der Waals surface area (Å²) in [4.78, 5) is 2.70. The lowest BCUT2D eigenvalue weighted by molar-refractivity contribution is 0.192. The standard InChI is InChI=1S/C14H28N2O/c1-14(15,11-17)8-2-3-9-16(13-6-7-13)10-12-4-5-12/h12-13,17H,2-11,15H2,1H3. The molecule has 0 amide bonds. The zero-order valence-corrected chi connectivity index (χ0v) is 11.2. The number of unbranched alkanes of at least 4 members (excludes halogenated alkanes) is 1. The van der Waals surface area contributed by atoms with E-state index in [0.717, 1.165) is 24.8 Å². The van der Waals surface area contributed by atoms with Crippen molar-refractivity contribution >= 4 is 0 Å². The Morgan fingerprint density at radius 3 is 2.47 bits per heavy atom. The molecule has 2 saturated carbocycles. The summed E-state index contributed by atoms with van der Waals surface area (Å²) < 4.78 is 0. The Labute approximate surface area is 105 Å². The highest BCUT2D eigenvalue weighted by molar-refractivity contribution is 4.88. The minimum absolute atomic E-state index is 0.0986. The van der Waals surface area contributed by atoms with Gasteiger partial charge in [-0.25, -0.2) is 0 Å². The summed E-state index contributed by atoms with van der Waals surface area (Å²) in [6.45, 7) is 4.62. The van der Waals surface area contributed by atoms with E-state index in [1.807, 2.05) is 6.92 Å². The van der Waals surface area contributed by atoms with Gasteiger partial charge in [-0.3, -0.25) is 0 Å². The largest absolute Gasteiger partial charge is 0.394 e. The Morgan fingerprint density at radius 2 is 1.94 bits per heavy atom. The summed E-state index contributed by atoms with van der Waals surface area (Å²) in [6.07, 6.45) is 9.04.